The number of aromatic nitrogens is 1. The highest BCUT2D eigenvalue weighted by molar-refractivity contribution is 6.00. The molecule has 8 nitrogen and oxygen atoms in total. The lowest BCUT2D eigenvalue weighted by Crippen LogP contribution is -2.40. The molecule has 2 unspecified atom stereocenters. The molecule has 1 aliphatic rings. The average Bonchev–Trinajstić information content (AvgIpc) is 2.90. The van der Waals surface area contributed by atoms with Gasteiger partial charge in [0.05, 0.1) is 13.2 Å². The SMILES string of the molecule is CCC(N=C(N)c1ccc(C(=O)N2CCC(C(=N)c3ccc(OC)cc3)CC2)nc1)C(F)CN. The van der Waals surface area contributed by atoms with Crippen LogP contribution in [0.5, 0.6) is 5.75 Å². The van der Waals surface area contributed by atoms with E-state index >= 15 is 0 Å². The van der Waals surface area contributed by atoms with E-state index < -0.39 is 12.2 Å². The molecular formula is C25H33FN6O2. The highest BCUT2D eigenvalue weighted by atomic mass is 19.1. The van der Waals surface area contributed by atoms with Crippen molar-refractivity contribution < 1.29 is 13.9 Å². The topological polar surface area (TPSA) is 131 Å². The van der Waals surface area contributed by atoms with Crippen molar-refractivity contribution in [1.29, 1.82) is 5.41 Å². The van der Waals surface area contributed by atoms with Gasteiger partial charge in [0.15, 0.2) is 0 Å². The number of nitrogens with one attached hydrogen (secondary N) is 1. The minimum Gasteiger partial charge on any atom is -0.497 e. The Bertz CT molecular complexity index is 1000. The molecule has 1 aromatic carbocycles. The van der Waals surface area contributed by atoms with Gasteiger partial charge in [-0.3, -0.25) is 14.8 Å². The maximum absolute atomic E-state index is 13.9. The standard InChI is InChI=1S/C25H33FN6O2/c1-3-21(20(26)14-27)31-24(29)18-6-9-22(30-15-18)25(33)32-12-10-17(11-13-32)23(28)16-4-7-19(34-2)8-5-16/h4-9,15,17,20-21,28H,3,10-14,27H2,1-2H3,(H2,29,31). The van der Waals surface area contributed by atoms with E-state index in [4.69, 9.17) is 21.6 Å². The number of nitrogens with zero attached hydrogens (tertiary/aromatic N) is 3. The van der Waals surface area contributed by atoms with Crippen molar-refractivity contribution in [2.75, 3.05) is 26.7 Å². The second-order valence-electron chi connectivity index (χ2n) is 8.38. The van der Waals surface area contributed by atoms with E-state index in [9.17, 15) is 9.18 Å². The molecule has 0 radical (unpaired) electrons. The second kappa shape index (κ2) is 11.7. The first-order chi connectivity index (χ1) is 16.4. The van der Waals surface area contributed by atoms with Crippen LogP contribution in [-0.4, -0.2) is 66.3 Å². The lowest BCUT2D eigenvalue weighted by Gasteiger charge is -2.32. The summed E-state index contributed by atoms with van der Waals surface area (Å²) in [6.07, 6.45) is 2.15. The monoisotopic (exact) mass is 468 g/mol. The number of amidine groups is 1. The number of benzene rings is 1. The summed E-state index contributed by atoms with van der Waals surface area (Å²) in [4.78, 5) is 23.2. The van der Waals surface area contributed by atoms with Gasteiger partial charge in [-0.25, -0.2) is 4.39 Å². The number of carbonyl (C=O) groups excluding carboxylic acids is 1. The van der Waals surface area contributed by atoms with Crippen molar-refractivity contribution >= 4 is 17.5 Å². The first kappa shape index (κ1) is 25.3. The van der Waals surface area contributed by atoms with Crippen molar-refractivity contribution in [3.63, 3.8) is 0 Å². The van der Waals surface area contributed by atoms with E-state index in [0.29, 0.717) is 36.5 Å². The van der Waals surface area contributed by atoms with E-state index in [1.165, 1.54) is 6.20 Å². The predicted octanol–water partition coefficient (Wildman–Crippen LogP) is 2.79. The van der Waals surface area contributed by atoms with E-state index in [0.717, 1.165) is 24.2 Å². The number of hydrogen-bond acceptors (Lipinski definition) is 6. The summed E-state index contributed by atoms with van der Waals surface area (Å²) in [7, 11) is 1.61. The molecular weight excluding hydrogens is 435 g/mol. The Labute approximate surface area is 199 Å². The van der Waals surface area contributed by atoms with Gasteiger partial charge in [-0.15, -0.1) is 0 Å². The van der Waals surface area contributed by atoms with Crippen LogP contribution in [-0.2, 0) is 0 Å². The van der Waals surface area contributed by atoms with Gasteiger partial charge in [0.25, 0.3) is 5.91 Å². The summed E-state index contributed by atoms with van der Waals surface area (Å²) < 4.78 is 19.1. The minimum atomic E-state index is -1.26. The molecule has 5 N–H and O–H groups in total. The lowest BCUT2D eigenvalue weighted by atomic mass is 9.88. The van der Waals surface area contributed by atoms with Gasteiger partial charge < -0.3 is 26.5 Å². The maximum Gasteiger partial charge on any atom is 0.272 e. The van der Waals surface area contributed by atoms with Gasteiger partial charge in [-0.2, -0.15) is 0 Å². The Balaban J connectivity index is 1.59. The minimum absolute atomic E-state index is 0.100. The molecule has 1 aliphatic heterocycles. The Morgan fingerprint density at radius 2 is 1.88 bits per heavy atom. The zero-order chi connectivity index (χ0) is 24.7. The molecule has 182 valence electrons. The number of alkyl halides is 1. The van der Waals surface area contributed by atoms with Crippen LogP contribution in [0.25, 0.3) is 0 Å². The quantitative estimate of drug-likeness (QED) is 0.385. The zero-order valence-electron chi connectivity index (χ0n) is 19.7. The highest BCUT2D eigenvalue weighted by Gasteiger charge is 2.27. The summed E-state index contributed by atoms with van der Waals surface area (Å²) in [5.74, 6) is 0.876. The van der Waals surface area contributed by atoms with Gasteiger partial charge in [0.1, 0.15) is 23.5 Å². The number of hydrogen-bond donors (Lipinski definition) is 3. The van der Waals surface area contributed by atoms with E-state index in [1.807, 2.05) is 31.2 Å². The Morgan fingerprint density at radius 1 is 1.24 bits per heavy atom. The molecule has 3 rings (SSSR count). The smallest absolute Gasteiger partial charge is 0.272 e. The van der Waals surface area contributed by atoms with Crippen LogP contribution in [0, 0.1) is 11.3 Å². The molecule has 2 aromatic rings. The number of carbonyl (C=O) groups is 1. The molecule has 1 fully saturated rings. The van der Waals surface area contributed by atoms with Gasteiger partial charge in [0, 0.05) is 43.0 Å². The number of aliphatic imine (C=N–C) groups is 1. The Kier molecular flexibility index (Phi) is 8.70. The van der Waals surface area contributed by atoms with Crippen LogP contribution in [0.2, 0.25) is 0 Å². The Hall–Kier alpha value is -3.33. The molecule has 0 bridgehead atoms. The first-order valence-electron chi connectivity index (χ1n) is 11.5. The highest BCUT2D eigenvalue weighted by Crippen LogP contribution is 2.24. The van der Waals surface area contributed by atoms with Crippen molar-refractivity contribution in [1.82, 2.24) is 9.88 Å². The lowest BCUT2D eigenvalue weighted by molar-refractivity contribution is 0.0704. The third-order valence-corrected chi connectivity index (χ3v) is 6.24. The molecule has 2 heterocycles. The van der Waals surface area contributed by atoms with Crippen molar-refractivity contribution in [2.45, 2.75) is 38.4 Å². The fraction of sp³-hybridized carbons (Fsp3) is 0.440. The molecule has 1 aromatic heterocycles. The normalized spacial score (nSPS) is 16.7. The van der Waals surface area contributed by atoms with Crippen LogP contribution in [0.1, 0.15) is 47.8 Å². The van der Waals surface area contributed by atoms with Crippen LogP contribution in [0.15, 0.2) is 47.6 Å². The van der Waals surface area contributed by atoms with E-state index in [2.05, 4.69) is 9.98 Å². The molecule has 0 saturated carbocycles. The largest absolute Gasteiger partial charge is 0.497 e. The first-order valence-corrected chi connectivity index (χ1v) is 11.5. The number of nitrogens with two attached hydrogens (primary N) is 2. The molecule has 34 heavy (non-hydrogen) atoms. The van der Waals surface area contributed by atoms with Gasteiger partial charge in [-0.05, 0) is 61.2 Å². The fourth-order valence-corrected chi connectivity index (χ4v) is 4.05. The maximum atomic E-state index is 13.9. The number of amides is 1. The number of piperidine rings is 1. The Morgan fingerprint density at radius 3 is 2.41 bits per heavy atom. The number of pyridine rings is 1. The molecule has 2 atom stereocenters. The predicted molar refractivity (Wildman–Crippen MR) is 131 cm³/mol. The second-order valence-corrected chi connectivity index (χ2v) is 8.38. The summed E-state index contributed by atoms with van der Waals surface area (Å²) in [6, 6.07) is 10.2. The van der Waals surface area contributed by atoms with Crippen LogP contribution in [0.4, 0.5) is 4.39 Å². The summed E-state index contributed by atoms with van der Waals surface area (Å²) >= 11 is 0. The fourth-order valence-electron chi connectivity index (χ4n) is 4.05. The number of ether oxygens (including phenoxy) is 1. The number of likely N-dealkylation sites (tertiary alicyclic amines) is 1. The third kappa shape index (κ3) is 5.96. The van der Waals surface area contributed by atoms with Gasteiger partial charge >= 0.3 is 0 Å². The van der Waals surface area contributed by atoms with Crippen LogP contribution < -0.4 is 16.2 Å². The van der Waals surface area contributed by atoms with Gasteiger partial charge in [0.2, 0.25) is 0 Å². The van der Waals surface area contributed by atoms with Crippen LogP contribution in [0.3, 0.4) is 0 Å². The number of rotatable bonds is 9. The van der Waals surface area contributed by atoms with Crippen molar-refractivity contribution in [2.24, 2.45) is 22.4 Å². The van der Waals surface area contributed by atoms with Crippen molar-refractivity contribution in [3.8, 4) is 5.75 Å². The average molecular weight is 469 g/mol. The summed E-state index contributed by atoms with van der Waals surface area (Å²) in [5, 5.41) is 8.54. The number of methoxy groups -OCH3 is 1. The van der Waals surface area contributed by atoms with Crippen molar-refractivity contribution in [3.05, 3.63) is 59.4 Å². The van der Waals surface area contributed by atoms with E-state index in [1.54, 1.807) is 24.1 Å². The molecule has 1 amide bonds. The zero-order valence-corrected chi connectivity index (χ0v) is 19.7. The number of halogens is 1. The third-order valence-electron chi connectivity index (χ3n) is 6.24. The van der Waals surface area contributed by atoms with Crippen LogP contribution >= 0.6 is 0 Å². The summed E-state index contributed by atoms with van der Waals surface area (Å²) in [5.41, 5.74) is 13.7. The molecule has 0 spiro atoms. The summed E-state index contributed by atoms with van der Waals surface area (Å²) in [6.45, 7) is 2.83. The molecule has 0 aliphatic carbocycles. The van der Waals surface area contributed by atoms with E-state index in [-0.39, 0.29) is 24.2 Å². The molecule has 9 heteroatoms. The molecule has 1 saturated heterocycles. The van der Waals surface area contributed by atoms with Gasteiger partial charge in [-0.1, -0.05) is 6.92 Å².